The molecule has 5 rings (SSSR count). The van der Waals surface area contributed by atoms with Crippen LogP contribution in [0.3, 0.4) is 0 Å². The maximum Gasteiger partial charge on any atom is 0.229 e. The molecule has 0 unspecified atom stereocenters. The van der Waals surface area contributed by atoms with Crippen molar-refractivity contribution in [3.05, 3.63) is 72.1 Å². The SMILES string of the molecule is CC(C)Oc1ccccc1-n1ccc2cnc(Nc3ccc4c(c3)CCN(C)CC4)nc21. The molecule has 2 aromatic carbocycles. The van der Waals surface area contributed by atoms with Crippen molar-refractivity contribution in [3.8, 4) is 11.4 Å². The molecule has 0 radical (unpaired) electrons. The van der Waals surface area contributed by atoms with E-state index in [-0.39, 0.29) is 6.10 Å². The lowest BCUT2D eigenvalue weighted by atomic mass is 10.0. The Kier molecular flexibility index (Phi) is 5.53. The zero-order valence-electron chi connectivity index (χ0n) is 18.9. The Morgan fingerprint density at radius 3 is 2.66 bits per heavy atom. The van der Waals surface area contributed by atoms with E-state index in [1.807, 2.05) is 50.5 Å². The van der Waals surface area contributed by atoms with Gasteiger partial charge in [0.2, 0.25) is 5.95 Å². The Bertz CT molecular complexity index is 1250. The second-order valence-electron chi connectivity index (χ2n) is 8.70. The predicted molar refractivity (Wildman–Crippen MR) is 129 cm³/mol. The van der Waals surface area contributed by atoms with E-state index in [4.69, 9.17) is 9.72 Å². The van der Waals surface area contributed by atoms with E-state index in [1.54, 1.807) is 0 Å². The zero-order valence-corrected chi connectivity index (χ0v) is 18.9. The van der Waals surface area contributed by atoms with Crippen LogP contribution < -0.4 is 10.1 Å². The van der Waals surface area contributed by atoms with Crippen LogP contribution in [0, 0.1) is 0 Å². The van der Waals surface area contributed by atoms with Crippen LogP contribution in [0.4, 0.5) is 11.6 Å². The van der Waals surface area contributed by atoms with Crippen molar-refractivity contribution >= 4 is 22.7 Å². The number of likely N-dealkylation sites (N-methyl/N-ethyl adjacent to an activating group) is 1. The van der Waals surface area contributed by atoms with Gasteiger partial charge in [-0.3, -0.25) is 4.57 Å². The van der Waals surface area contributed by atoms with E-state index in [9.17, 15) is 0 Å². The molecule has 1 aliphatic heterocycles. The number of aromatic nitrogens is 3. The number of fused-ring (bicyclic) bond motifs is 2. The van der Waals surface area contributed by atoms with Gasteiger partial charge in [-0.1, -0.05) is 18.2 Å². The van der Waals surface area contributed by atoms with Crippen molar-refractivity contribution < 1.29 is 4.74 Å². The lowest BCUT2D eigenvalue weighted by Crippen LogP contribution is -2.20. The zero-order chi connectivity index (χ0) is 22.1. The first-order valence-corrected chi connectivity index (χ1v) is 11.2. The third-order valence-electron chi connectivity index (χ3n) is 5.90. The van der Waals surface area contributed by atoms with Gasteiger partial charge in [-0.05, 0) is 75.2 Å². The highest BCUT2D eigenvalue weighted by molar-refractivity contribution is 5.79. The third-order valence-corrected chi connectivity index (χ3v) is 5.90. The van der Waals surface area contributed by atoms with E-state index in [0.29, 0.717) is 5.95 Å². The van der Waals surface area contributed by atoms with Gasteiger partial charge < -0.3 is 15.0 Å². The highest BCUT2D eigenvalue weighted by atomic mass is 16.5. The summed E-state index contributed by atoms with van der Waals surface area (Å²) in [5.74, 6) is 1.43. The van der Waals surface area contributed by atoms with Gasteiger partial charge in [0, 0.05) is 36.6 Å². The fraction of sp³-hybridized carbons (Fsp3) is 0.308. The molecule has 0 saturated heterocycles. The molecule has 0 aliphatic carbocycles. The number of benzene rings is 2. The average molecular weight is 428 g/mol. The molecule has 0 bridgehead atoms. The molecule has 0 saturated carbocycles. The quantitative estimate of drug-likeness (QED) is 0.487. The molecule has 0 fully saturated rings. The second kappa shape index (κ2) is 8.63. The molecule has 2 aromatic heterocycles. The first-order valence-electron chi connectivity index (χ1n) is 11.2. The molecular formula is C26H29N5O. The van der Waals surface area contributed by atoms with Gasteiger partial charge >= 0.3 is 0 Å². The minimum absolute atomic E-state index is 0.0952. The van der Waals surface area contributed by atoms with Crippen molar-refractivity contribution in [1.29, 1.82) is 0 Å². The summed E-state index contributed by atoms with van der Waals surface area (Å²) in [4.78, 5) is 11.8. The van der Waals surface area contributed by atoms with Crippen LogP contribution in [0.5, 0.6) is 5.75 Å². The Morgan fingerprint density at radius 2 is 1.81 bits per heavy atom. The number of hydrogen-bond acceptors (Lipinski definition) is 5. The van der Waals surface area contributed by atoms with Crippen molar-refractivity contribution in [2.45, 2.75) is 32.8 Å². The van der Waals surface area contributed by atoms with Crippen LogP contribution in [0.1, 0.15) is 25.0 Å². The molecular weight excluding hydrogens is 398 g/mol. The molecule has 0 atom stereocenters. The molecule has 6 nitrogen and oxygen atoms in total. The van der Waals surface area contributed by atoms with Crippen LogP contribution in [0.15, 0.2) is 60.9 Å². The predicted octanol–water partition coefficient (Wildman–Crippen LogP) is 4.98. The average Bonchev–Trinajstić information content (AvgIpc) is 3.10. The molecule has 0 spiro atoms. The first kappa shape index (κ1) is 20.5. The first-order chi connectivity index (χ1) is 15.6. The third kappa shape index (κ3) is 4.18. The summed E-state index contributed by atoms with van der Waals surface area (Å²) < 4.78 is 8.09. The number of ether oxygens (including phenoxy) is 1. The van der Waals surface area contributed by atoms with Crippen LogP contribution >= 0.6 is 0 Å². The molecule has 0 amide bonds. The van der Waals surface area contributed by atoms with Crippen LogP contribution in [0.2, 0.25) is 0 Å². The summed E-state index contributed by atoms with van der Waals surface area (Å²) in [7, 11) is 2.19. The van der Waals surface area contributed by atoms with Gasteiger partial charge in [0.15, 0.2) is 0 Å². The summed E-state index contributed by atoms with van der Waals surface area (Å²) >= 11 is 0. The maximum atomic E-state index is 6.03. The summed E-state index contributed by atoms with van der Waals surface area (Å²) in [5.41, 5.74) is 5.68. The van der Waals surface area contributed by atoms with Crippen molar-refractivity contribution in [2.24, 2.45) is 0 Å². The van der Waals surface area contributed by atoms with Crippen molar-refractivity contribution in [3.63, 3.8) is 0 Å². The van der Waals surface area contributed by atoms with Crippen molar-refractivity contribution in [2.75, 3.05) is 25.5 Å². The largest absolute Gasteiger partial charge is 0.489 e. The minimum atomic E-state index is 0.0952. The lowest BCUT2D eigenvalue weighted by Gasteiger charge is -2.15. The van der Waals surface area contributed by atoms with E-state index < -0.39 is 0 Å². The number of rotatable bonds is 5. The molecule has 3 heterocycles. The fourth-order valence-electron chi connectivity index (χ4n) is 4.23. The highest BCUT2D eigenvalue weighted by Crippen LogP contribution is 2.28. The van der Waals surface area contributed by atoms with E-state index in [0.717, 1.165) is 54.1 Å². The van der Waals surface area contributed by atoms with Crippen LogP contribution in [0.25, 0.3) is 16.7 Å². The molecule has 4 aromatic rings. The smallest absolute Gasteiger partial charge is 0.229 e. The number of anilines is 2. The van der Waals surface area contributed by atoms with Crippen LogP contribution in [-0.4, -0.2) is 45.7 Å². The van der Waals surface area contributed by atoms with Gasteiger partial charge in [-0.25, -0.2) is 4.98 Å². The summed E-state index contributed by atoms with van der Waals surface area (Å²) in [6, 6.07) is 16.7. The molecule has 32 heavy (non-hydrogen) atoms. The number of hydrogen-bond donors (Lipinski definition) is 1. The lowest BCUT2D eigenvalue weighted by molar-refractivity contribution is 0.242. The molecule has 164 valence electrons. The van der Waals surface area contributed by atoms with Crippen LogP contribution in [-0.2, 0) is 12.8 Å². The second-order valence-corrected chi connectivity index (χ2v) is 8.70. The Balaban J connectivity index is 1.47. The molecule has 6 heteroatoms. The number of nitrogens with zero attached hydrogens (tertiary/aromatic N) is 4. The molecule has 1 aliphatic rings. The summed E-state index contributed by atoms with van der Waals surface area (Å²) in [6.45, 7) is 6.27. The Morgan fingerprint density at radius 1 is 1.00 bits per heavy atom. The normalized spacial score (nSPS) is 14.4. The van der Waals surface area contributed by atoms with Crippen molar-refractivity contribution in [1.82, 2.24) is 19.4 Å². The number of nitrogens with one attached hydrogen (secondary N) is 1. The summed E-state index contributed by atoms with van der Waals surface area (Å²) in [6.07, 6.45) is 6.14. The van der Waals surface area contributed by atoms with Gasteiger partial charge in [0.25, 0.3) is 0 Å². The number of para-hydroxylation sites is 2. The van der Waals surface area contributed by atoms with E-state index in [2.05, 4.69) is 51.1 Å². The van der Waals surface area contributed by atoms with E-state index in [1.165, 1.54) is 11.1 Å². The maximum absolute atomic E-state index is 6.03. The van der Waals surface area contributed by atoms with Gasteiger partial charge in [0.05, 0.1) is 11.8 Å². The van der Waals surface area contributed by atoms with Gasteiger partial charge in [0.1, 0.15) is 11.4 Å². The molecule has 1 N–H and O–H groups in total. The summed E-state index contributed by atoms with van der Waals surface area (Å²) in [5, 5.41) is 4.40. The highest BCUT2D eigenvalue weighted by Gasteiger charge is 2.14. The topological polar surface area (TPSA) is 55.2 Å². The van der Waals surface area contributed by atoms with Gasteiger partial charge in [-0.15, -0.1) is 0 Å². The monoisotopic (exact) mass is 427 g/mol. The minimum Gasteiger partial charge on any atom is -0.489 e. The van der Waals surface area contributed by atoms with Gasteiger partial charge in [-0.2, -0.15) is 4.98 Å². The Labute approximate surface area is 188 Å². The fourth-order valence-corrected chi connectivity index (χ4v) is 4.23. The van der Waals surface area contributed by atoms with E-state index >= 15 is 0 Å². The Hall–Kier alpha value is -3.38. The standard InChI is InChI=1S/C26H29N5O/c1-18(2)32-24-7-5-4-6-23(24)31-15-12-21-17-27-26(29-25(21)31)28-22-9-8-19-10-13-30(3)14-11-20(19)16-22/h4-9,12,15-18H,10-11,13-14H2,1-3H3,(H,27,28,29).